The first-order valence-electron chi connectivity index (χ1n) is 7.68. The molecule has 0 spiro atoms. The number of alkyl halides is 3. The van der Waals surface area contributed by atoms with Crippen LogP contribution in [-0.2, 0) is 11.0 Å². The first-order chi connectivity index (χ1) is 12.1. The van der Waals surface area contributed by atoms with E-state index in [2.05, 4.69) is 20.0 Å². The van der Waals surface area contributed by atoms with Gasteiger partial charge in [-0.2, -0.15) is 18.2 Å². The molecule has 0 aliphatic rings. The fourth-order valence-corrected chi connectivity index (χ4v) is 2.13. The zero-order chi connectivity index (χ0) is 19.5. The molecule has 2 atom stereocenters. The number of aliphatic carboxylic acids is 1. The predicted octanol–water partition coefficient (Wildman–Crippen LogP) is 2.98. The quantitative estimate of drug-likeness (QED) is 0.809. The molecule has 0 radical (unpaired) electrons. The van der Waals surface area contributed by atoms with E-state index in [1.165, 1.54) is 24.3 Å². The highest BCUT2D eigenvalue weighted by molar-refractivity contribution is 5.97. The number of hydrogen-bond acceptors (Lipinski definition) is 5. The van der Waals surface area contributed by atoms with E-state index in [0.29, 0.717) is 6.42 Å². The van der Waals surface area contributed by atoms with E-state index in [1.54, 1.807) is 6.92 Å². The standard InChI is InChI=1S/C16H16F3N3O4/c1-3-8(2)11(14(24)25)20-13(23)10-6-4-9(5-7-10)12-21-15(26-22-12)16(17,18)19/h4-8,11H,3H2,1-2H3,(H,20,23)(H,24,25)/t8-,11-/m0/s1. The lowest BCUT2D eigenvalue weighted by molar-refractivity contribution is -0.159. The summed E-state index contributed by atoms with van der Waals surface area (Å²) in [5, 5.41) is 14.9. The van der Waals surface area contributed by atoms with Crippen molar-refractivity contribution in [3.05, 3.63) is 35.7 Å². The second kappa shape index (κ2) is 7.54. The van der Waals surface area contributed by atoms with E-state index in [9.17, 15) is 27.9 Å². The van der Waals surface area contributed by atoms with Crippen LogP contribution >= 0.6 is 0 Å². The van der Waals surface area contributed by atoms with E-state index in [4.69, 9.17) is 0 Å². The third kappa shape index (κ3) is 4.38. The molecule has 0 saturated heterocycles. The monoisotopic (exact) mass is 371 g/mol. The van der Waals surface area contributed by atoms with Gasteiger partial charge in [0.2, 0.25) is 5.82 Å². The summed E-state index contributed by atoms with van der Waals surface area (Å²) in [5.41, 5.74) is 0.375. The Morgan fingerprint density at radius 2 is 1.88 bits per heavy atom. The van der Waals surface area contributed by atoms with Crippen molar-refractivity contribution in [2.75, 3.05) is 0 Å². The lowest BCUT2D eigenvalue weighted by atomic mass is 9.99. The maximum atomic E-state index is 12.5. The molecule has 1 aromatic carbocycles. The molecule has 0 bridgehead atoms. The van der Waals surface area contributed by atoms with Gasteiger partial charge in [-0.1, -0.05) is 37.6 Å². The number of hydrogen-bond donors (Lipinski definition) is 2. The van der Waals surface area contributed by atoms with Gasteiger partial charge >= 0.3 is 18.0 Å². The molecule has 2 N–H and O–H groups in total. The molecule has 0 aliphatic heterocycles. The van der Waals surface area contributed by atoms with Crippen molar-refractivity contribution in [2.45, 2.75) is 32.5 Å². The van der Waals surface area contributed by atoms with E-state index in [1.807, 2.05) is 6.92 Å². The average molecular weight is 371 g/mol. The number of benzene rings is 1. The SMILES string of the molecule is CC[C@H](C)[C@H](NC(=O)c1ccc(-c2noc(C(F)(F)F)n2)cc1)C(=O)O. The highest BCUT2D eigenvalue weighted by atomic mass is 19.4. The Morgan fingerprint density at radius 1 is 1.27 bits per heavy atom. The highest BCUT2D eigenvalue weighted by Crippen LogP contribution is 2.29. The summed E-state index contributed by atoms with van der Waals surface area (Å²) < 4.78 is 41.6. The number of carboxylic acids is 1. The van der Waals surface area contributed by atoms with Gasteiger partial charge in [0.05, 0.1) is 0 Å². The molecule has 2 aromatic rings. The Bertz CT molecular complexity index is 787. The van der Waals surface area contributed by atoms with E-state index < -0.39 is 30.0 Å². The van der Waals surface area contributed by atoms with Gasteiger partial charge in [0.25, 0.3) is 5.91 Å². The molecular formula is C16H16F3N3O4. The highest BCUT2D eigenvalue weighted by Gasteiger charge is 2.38. The van der Waals surface area contributed by atoms with Crippen molar-refractivity contribution < 1.29 is 32.4 Å². The van der Waals surface area contributed by atoms with Crippen LogP contribution in [0.5, 0.6) is 0 Å². The number of carboxylic acid groups (broad SMARTS) is 1. The molecule has 1 amide bonds. The average Bonchev–Trinajstić information content (AvgIpc) is 3.09. The summed E-state index contributed by atoms with van der Waals surface area (Å²) in [4.78, 5) is 26.7. The Hall–Kier alpha value is -2.91. The zero-order valence-corrected chi connectivity index (χ0v) is 13.9. The smallest absolute Gasteiger partial charge is 0.471 e. The molecule has 10 heteroatoms. The van der Waals surface area contributed by atoms with Crippen LogP contribution in [0.25, 0.3) is 11.4 Å². The molecular weight excluding hydrogens is 355 g/mol. The van der Waals surface area contributed by atoms with Crippen molar-refractivity contribution in [1.82, 2.24) is 15.5 Å². The van der Waals surface area contributed by atoms with Gasteiger partial charge in [-0.05, 0) is 18.1 Å². The largest absolute Gasteiger partial charge is 0.480 e. The fraction of sp³-hybridized carbons (Fsp3) is 0.375. The lowest BCUT2D eigenvalue weighted by Gasteiger charge is -2.20. The Morgan fingerprint density at radius 3 is 2.35 bits per heavy atom. The van der Waals surface area contributed by atoms with Gasteiger partial charge in [0.1, 0.15) is 6.04 Å². The predicted molar refractivity (Wildman–Crippen MR) is 83.1 cm³/mol. The normalized spacial score (nSPS) is 13.9. The van der Waals surface area contributed by atoms with E-state index >= 15 is 0 Å². The Labute approximate surface area is 146 Å². The first kappa shape index (κ1) is 19.4. The van der Waals surface area contributed by atoms with E-state index in [0.717, 1.165) is 0 Å². The van der Waals surface area contributed by atoms with Crippen LogP contribution < -0.4 is 5.32 Å². The van der Waals surface area contributed by atoms with Gasteiger partial charge in [-0.15, -0.1) is 0 Å². The van der Waals surface area contributed by atoms with Crippen molar-refractivity contribution >= 4 is 11.9 Å². The minimum Gasteiger partial charge on any atom is -0.480 e. The van der Waals surface area contributed by atoms with Crippen LogP contribution in [0.3, 0.4) is 0 Å². The van der Waals surface area contributed by atoms with Gasteiger partial charge in [0, 0.05) is 11.1 Å². The maximum Gasteiger partial charge on any atom is 0.471 e. The van der Waals surface area contributed by atoms with Crippen LogP contribution in [-0.4, -0.2) is 33.2 Å². The number of nitrogens with zero attached hydrogens (tertiary/aromatic N) is 2. The van der Waals surface area contributed by atoms with Crippen molar-refractivity contribution in [2.24, 2.45) is 5.92 Å². The van der Waals surface area contributed by atoms with E-state index in [-0.39, 0.29) is 22.9 Å². The number of aromatic nitrogens is 2. The second-order valence-electron chi connectivity index (χ2n) is 5.67. The molecule has 2 rings (SSSR count). The fourth-order valence-electron chi connectivity index (χ4n) is 2.13. The summed E-state index contributed by atoms with van der Waals surface area (Å²) in [5.74, 6) is -3.75. The number of rotatable bonds is 6. The van der Waals surface area contributed by atoms with Crippen LogP contribution in [0.2, 0.25) is 0 Å². The molecule has 1 heterocycles. The zero-order valence-electron chi connectivity index (χ0n) is 13.9. The Kier molecular flexibility index (Phi) is 5.63. The van der Waals surface area contributed by atoms with Crippen molar-refractivity contribution in [3.8, 4) is 11.4 Å². The molecule has 0 unspecified atom stereocenters. The maximum absolute atomic E-state index is 12.5. The topological polar surface area (TPSA) is 105 Å². The summed E-state index contributed by atoms with van der Waals surface area (Å²) in [6, 6.07) is 4.32. The summed E-state index contributed by atoms with van der Waals surface area (Å²) in [6.07, 6.45) is -4.18. The summed E-state index contributed by atoms with van der Waals surface area (Å²) in [6.45, 7) is 3.51. The van der Waals surface area contributed by atoms with Crippen LogP contribution in [0.1, 0.15) is 36.5 Å². The molecule has 7 nitrogen and oxygen atoms in total. The number of halogens is 3. The third-order valence-electron chi connectivity index (χ3n) is 3.84. The molecule has 0 saturated carbocycles. The number of amides is 1. The van der Waals surface area contributed by atoms with Crippen molar-refractivity contribution in [1.29, 1.82) is 0 Å². The molecule has 0 fully saturated rings. The number of nitrogens with one attached hydrogen (secondary N) is 1. The number of carbonyl (C=O) groups excluding carboxylic acids is 1. The second-order valence-corrected chi connectivity index (χ2v) is 5.67. The molecule has 0 aliphatic carbocycles. The summed E-state index contributed by atoms with van der Waals surface area (Å²) in [7, 11) is 0. The minimum absolute atomic E-state index is 0.155. The third-order valence-corrected chi connectivity index (χ3v) is 3.84. The molecule has 1 aromatic heterocycles. The first-order valence-corrected chi connectivity index (χ1v) is 7.68. The van der Waals surface area contributed by atoms with Crippen LogP contribution in [0, 0.1) is 5.92 Å². The Balaban J connectivity index is 2.15. The van der Waals surface area contributed by atoms with Gasteiger partial charge < -0.3 is 14.9 Å². The molecule has 26 heavy (non-hydrogen) atoms. The van der Waals surface area contributed by atoms with Gasteiger partial charge in [-0.25, -0.2) is 4.79 Å². The lowest BCUT2D eigenvalue weighted by Crippen LogP contribution is -2.45. The number of carbonyl (C=O) groups is 2. The van der Waals surface area contributed by atoms with Crippen molar-refractivity contribution in [3.63, 3.8) is 0 Å². The molecule has 140 valence electrons. The minimum atomic E-state index is -4.74. The van der Waals surface area contributed by atoms with Gasteiger partial charge in [-0.3, -0.25) is 4.79 Å². The van der Waals surface area contributed by atoms with Crippen LogP contribution in [0.15, 0.2) is 28.8 Å². The van der Waals surface area contributed by atoms with Gasteiger partial charge in [0.15, 0.2) is 0 Å². The summed E-state index contributed by atoms with van der Waals surface area (Å²) >= 11 is 0. The van der Waals surface area contributed by atoms with Crippen LogP contribution in [0.4, 0.5) is 13.2 Å².